The molecule has 2 N–H and O–H groups in total. The first-order valence-electron chi connectivity index (χ1n) is 9.89. The molecule has 0 spiro atoms. The predicted octanol–water partition coefficient (Wildman–Crippen LogP) is 4.03. The maximum Gasteiger partial charge on any atom is 0.191 e. The molecule has 0 atom stereocenters. The summed E-state index contributed by atoms with van der Waals surface area (Å²) in [6, 6.07) is 0.799. The maximum absolute atomic E-state index is 4.67. The topological polar surface area (TPSA) is 52.6 Å². The van der Waals surface area contributed by atoms with Gasteiger partial charge in [0.15, 0.2) is 5.96 Å². The maximum atomic E-state index is 4.67. The van der Waals surface area contributed by atoms with Crippen LogP contribution in [0.5, 0.6) is 0 Å². The molecule has 5 nitrogen and oxygen atoms in total. The summed E-state index contributed by atoms with van der Waals surface area (Å²) in [6.45, 7) is 7.92. The number of aryl methyl sites for hydroxylation is 1. The molecule has 2 rings (SSSR count). The summed E-state index contributed by atoms with van der Waals surface area (Å²) in [6.07, 6.45) is 11.2. The molecule has 1 aromatic rings. The number of hydrogen-bond donors (Lipinski definition) is 2. The first-order valence-corrected chi connectivity index (χ1v) is 10.7. The number of nitrogens with zero attached hydrogens (tertiary/aromatic N) is 3. The van der Waals surface area contributed by atoms with Gasteiger partial charge < -0.3 is 15.5 Å². The number of halogens is 1. The molecule has 1 aliphatic carbocycles. The van der Waals surface area contributed by atoms with Gasteiger partial charge in [-0.25, -0.2) is 9.98 Å². The standard InChI is InChI=1S/C19H35N5S.HI/c1-4-17-14-22-18(25-17)15-23-19(20-5-2)21-12-9-13-24(3)16-10-7-6-8-11-16;/h14,16H,4-13,15H2,1-3H3,(H2,20,21,23);1H. The molecule has 0 aliphatic heterocycles. The van der Waals surface area contributed by atoms with E-state index in [0.717, 1.165) is 49.5 Å². The van der Waals surface area contributed by atoms with Crippen LogP contribution < -0.4 is 10.6 Å². The number of hydrogen-bond acceptors (Lipinski definition) is 4. The molecule has 7 heteroatoms. The fourth-order valence-electron chi connectivity index (χ4n) is 3.31. The Kier molecular flexibility index (Phi) is 12.5. The fraction of sp³-hybridized carbons (Fsp3) is 0.789. The highest BCUT2D eigenvalue weighted by molar-refractivity contribution is 14.0. The first-order chi connectivity index (χ1) is 12.2. The van der Waals surface area contributed by atoms with Crippen LogP contribution in [0.2, 0.25) is 0 Å². The van der Waals surface area contributed by atoms with E-state index in [4.69, 9.17) is 0 Å². The second-order valence-electron chi connectivity index (χ2n) is 6.82. The molecule has 1 fully saturated rings. The van der Waals surface area contributed by atoms with Gasteiger partial charge >= 0.3 is 0 Å². The minimum Gasteiger partial charge on any atom is -0.357 e. The second-order valence-corrected chi connectivity index (χ2v) is 8.02. The van der Waals surface area contributed by atoms with E-state index < -0.39 is 0 Å². The van der Waals surface area contributed by atoms with Gasteiger partial charge in [-0.1, -0.05) is 26.2 Å². The molecule has 0 aromatic carbocycles. The zero-order chi connectivity index (χ0) is 17.9. The highest BCUT2D eigenvalue weighted by atomic mass is 127. The van der Waals surface area contributed by atoms with Gasteiger partial charge in [0.05, 0.1) is 6.54 Å². The SMILES string of the molecule is CCNC(=NCc1ncc(CC)s1)NCCCN(C)C1CCCCC1.I. The Morgan fingerprint density at radius 2 is 2.04 bits per heavy atom. The smallest absolute Gasteiger partial charge is 0.191 e. The van der Waals surface area contributed by atoms with Gasteiger partial charge in [-0.3, -0.25) is 0 Å². The Balaban J connectivity index is 0.00000338. The number of thiazole rings is 1. The Hall–Kier alpha value is -0.410. The van der Waals surface area contributed by atoms with Gasteiger partial charge in [0.1, 0.15) is 5.01 Å². The lowest BCUT2D eigenvalue weighted by Crippen LogP contribution is -2.39. The summed E-state index contributed by atoms with van der Waals surface area (Å²) in [5, 5.41) is 7.88. The minimum atomic E-state index is 0. The van der Waals surface area contributed by atoms with Crippen molar-refractivity contribution in [1.82, 2.24) is 20.5 Å². The van der Waals surface area contributed by atoms with Crippen molar-refractivity contribution in [3.05, 3.63) is 16.1 Å². The molecule has 26 heavy (non-hydrogen) atoms. The molecule has 1 aromatic heterocycles. The summed E-state index contributed by atoms with van der Waals surface area (Å²) in [5.74, 6) is 0.899. The molecule has 1 saturated carbocycles. The van der Waals surface area contributed by atoms with Crippen molar-refractivity contribution in [1.29, 1.82) is 0 Å². The van der Waals surface area contributed by atoms with Gasteiger partial charge in [0, 0.05) is 30.2 Å². The fourth-order valence-corrected chi connectivity index (χ4v) is 4.10. The second kappa shape index (κ2) is 13.7. The highest BCUT2D eigenvalue weighted by Crippen LogP contribution is 2.21. The van der Waals surface area contributed by atoms with E-state index in [2.05, 4.69) is 46.4 Å². The molecule has 0 saturated heterocycles. The zero-order valence-corrected chi connectivity index (χ0v) is 19.7. The lowest BCUT2D eigenvalue weighted by molar-refractivity contribution is 0.190. The van der Waals surface area contributed by atoms with Gasteiger partial charge in [0.25, 0.3) is 0 Å². The summed E-state index contributed by atoms with van der Waals surface area (Å²) < 4.78 is 0. The average Bonchev–Trinajstić information content (AvgIpc) is 3.11. The van der Waals surface area contributed by atoms with E-state index in [1.807, 2.05) is 6.20 Å². The minimum absolute atomic E-state index is 0. The van der Waals surface area contributed by atoms with Crippen LogP contribution in [-0.2, 0) is 13.0 Å². The summed E-state index contributed by atoms with van der Waals surface area (Å²) in [5.41, 5.74) is 0. The number of aromatic nitrogens is 1. The molecule has 0 radical (unpaired) electrons. The van der Waals surface area contributed by atoms with Crippen molar-refractivity contribution in [3.63, 3.8) is 0 Å². The molecule has 0 unspecified atom stereocenters. The molecule has 0 amide bonds. The van der Waals surface area contributed by atoms with E-state index in [0.29, 0.717) is 6.54 Å². The van der Waals surface area contributed by atoms with E-state index >= 15 is 0 Å². The van der Waals surface area contributed by atoms with E-state index in [1.165, 1.54) is 37.0 Å². The lowest BCUT2D eigenvalue weighted by Gasteiger charge is -2.31. The number of guanidine groups is 1. The van der Waals surface area contributed by atoms with Crippen LogP contribution in [-0.4, -0.2) is 48.6 Å². The molecule has 0 bridgehead atoms. The Morgan fingerprint density at radius 3 is 2.69 bits per heavy atom. The molecule has 1 aliphatic rings. The van der Waals surface area contributed by atoms with Crippen LogP contribution >= 0.6 is 35.3 Å². The zero-order valence-electron chi connectivity index (χ0n) is 16.6. The predicted molar refractivity (Wildman–Crippen MR) is 124 cm³/mol. The highest BCUT2D eigenvalue weighted by Gasteiger charge is 2.17. The van der Waals surface area contributed by atoms with E-state index in [9.17, 15) is 0 Å². The van der Waals surface area contributed by atoms with Crippen molar-refractivity contribution in [2.75, 3.05) is 26.7 Å². The number of rotatable bonds is 9. The van der Waals surface area contributed by atoms with E-state index in [-0.39, 0.29) is 24.0 Å². The van der Waals surface area contributed by atoms with Crippen molar-refractivity contribution in [2.24, 2.45) is 4.99 Å². The van der Waals surface area contributed by atoms with Crippen LogP contribution in [0.3, 0.4) is 0 Å². The summed E-state index contributed by atoms with van der Waals surface area (Å²) >= 11 is 1.76. The first kappa shape index (κ1) is 23.6. The molecular formula is C19H36IN5S. The van der Waals surface area contributed by atoms with E-state index in [1.54, 1.807) is 11.3 Å². The quantitative estimate of drug-likeness (QED) is 0.236. The average molecular weight is 494 g/mol. The van der Waals surface area contributed by atoms with Gasteiger partial charge in [-0.2, -0.15) is 0 Å². The third-order valence-electron chi connectivity index (χ3n) is 4.84. The molecule has 1 heterocycles. The third-order valence-corrected chi connectivity index (χ3v) is 5.97. The Labute approximate surface area is 180 Å². The van der Waals surface area contributed by atoms with Crippen molar-refractivity contribution >= 4 is 41.3 Å². The van der Waals surface area contributed by atoms with Crippen molar-refractivity contribution < 1.29 is 0 Å². The van der Waals surface area contributed by atoms with Gasteiger partial charge in [0.2, 0.25) is 0 Å². The van der Waals surface area contributed by atoms with Gasteiger partial charge in [-0.15, -0.1) is 35.3 Å². The number of nitrogens with one attached hydrogen (secondary N) is 2. The van der Waals surface area contributed by atoms with Crippen LogP contribution in [0.1, 0.15) is 62.3 Å². The largest absolute Gasteiger partial charge is 0.357 e. The van der Waals surface area contributed by atoms with Crippen molar-refractivity contribution in [3.8, 4) is 0 Å². The monoisotopic (exact) mass is 493 g/mol. The van der Waals surface area contributed by atoms with Crippen LogP contribution in [0.25, 0.3) is 0 Å². The third kappa shape index (κ3) is 8.52. The number of aliphatic imine (C=N–C) groups is 1. The Morgan fingerprint density at radius 1 is 1.27 bits per heavy atom. The lowest BCUT2D eigenvalue weighted by atomic mass is 9.94. The molecule has 150 valence electrons. The van der Waals surface area contributed by atoms with Crippen LogP contribution in [0.15, 0.2) is 11.2 Å². The van der Waals surface area contributed by atoms with Crippen LogP contribution in [0, 0.1) is 0 Å². The molecular weight excluding hydrogens is 457 g/mol. The van der Waals surface area contributed by atoms with Gasteiger partial charge in [-0.05, 0) is 46.2 Å². The summed E-state index contributed by atoms with van der Waals surface area (Å²) in [7, 11) is 2.28. The Bertz CT molecular complexity index is 514. The van der Waals surface area contributed by atoms with Crippen molar-refractivity contribution in [2.45, 2.75) is 71.4 Å². The summed E-state index contributed by atoms with van der Waals surface area (Å²) in [4.78, 5) is 13.0. The normalized spacial score (nSPS) is 15.8. The van der Waals surface area contributed by atoms with Crippen LogP contribution in [0.4, 0.5) is 0 Å².